The third-order valence-electron chi connectivity index (χ3n) is 7.10. The number of hydrogen-bond acceptors (Lipinski definition) is 5. The molecule has 1 atom stereocenters. The Kier molecular flexibility index (Phi) is 5.58. The molecular formula is C24H32N4O3. The van der Waals surface area contributed by atoms with Crippen molar-refractivity contribution in [1.82, 2.24) is 20.0 Å². The highest BCUT2D eigenvalue weighted by Crippen LogP contribution is 2.49. The predicted molar refractivity (Wildman–Crippen MR) is 117 cm³/mol. The Morgan fingerprint density at radius 1 is 1.26 bits per heavy atom. The topological polar surface area (TPSA) is 68.6 Å². The number of amides is 1. The largest absolute Gasteiger partial charge is 0.381 e. The van der Waals surface area contributed by atoms with Gasteiger partial charge < -0.3 is 14.8 Å². The van der Waals surface area contributed by atoms with Crippen molar-refractivity contribution in [3.05, 3.63) is 52.8 Å². The van der Waals surface area contributed by atoms with E-state index in [0.717, 1.165) is 64.1 Å². The number of piperidine rings is 1. The zero-order chi connectivity index (χ0) is 21.4. The molecule has 1 unspecified atom stereocenters. The molecular weight excluding hydrogens is 392 g/mol. The Balaban J connectivity index is 1.27. The minimum Gasteiger partial charge on any atom is -0.381 e. The summed E-state index contributed by atoms with van der Waals surface area (Å²) in [4.78, 5) is 14.9. The van der Waals surface area contributed by atoms with Crippen LogP contribution >= 0.6 is 0 Å². The predicted octanol–water partition coefficient (Wildman–Crippen LogP) is 2.85. The molecule has 0 aliphatic carbocycles. The fraction of sp³-hybridized carbons (Fsp3) is 0.583. The van der Waals surface area contributed by atoms with Crippen LogP contribution in [-0.2, 0) is 26.4 Å². The van der Waals surface area contributed by atoms with Gasteiger partial charge in [0.1, 0.15) is 0 Å². The molecule has 0 bridgehead atoms. The van der Waals surface area contributed by atoms with E-state index in [9.17, 15) is 4.79 Å². The standard InChI is InChI=1S/C24H32N4O3/c1-17-3-4-20-21(13-17)24(31-22(20)23(29)25-2)7-9-27(10-8-24)15-18-14-26-28(16-18)19-5-11-30-12-6-19/h3-4,13-14,16,19,22H,5-12,15H2,1-2H3,(H,25,29). The Labute approximate surface area is 183 Å². The van der Waals surface area contributed by atoms with Gasteiger partial charge in [0.2, 0.25) is 0 Å². The van der Waals surface area contributed by atoms with Crippen molar-refractivity contribution in [1.29, 1.82) is 0 Å². The maximum absolute atomic E-state index is 12.5. The molecule has 3 aliphatic rings. The molecule has 0 radical (unpaired) electrons. The lowest BCUT2D eigenvalue weighted by molar-refractivity contribution is -0.150. The summed E-state index contributed by atoms with van der Waals surface area (Å²) in [7, 11) is 1.67. The summed E-state index contributed by atoms with van der Waals surface area (Å²) >= 11 is 0. The Hall–Kier alpha value is -2.22. The molecule has 2 fully saturated rings. The summed E-state index contributed by atoms with van der Waals surface area (Å²) in [6.07, 6.45) is 7.56. The minimum atomic E-state index is -0.509. The van der Waals surface area contributed by atoms with Crippen LogP contribution in [-0.4, -0.2) is 53.9 Å². The molecule has 0 saturated carbocycles. The zero-order valence-corrected chi connectivity index (χ0v) is 18.5. The van der Waals surface area contributed by atoms with Crippen LogP contribution in [0.15, 0.2) is 30.6 Å². The third kappa shape index (κ3) is 3.90. The number of likely N-dealkylation sites (tertiary alicyclic amines) is 1. The van der Waals surface area contributed by atoms with Crippen molar-refractivity contribution >= 4 is 5.91 Å². The average Bonchev–Trinajstić information content (AvgIpc) is 3.39. The van der Waals surface area contributed by atoms with Crippen LogP contribution in [0.5, 0.6) is 0 Å². The molecule has 1 aromatic carbocycles. The van der Waals surface area contributed by atoms with E-state index in [1.54, 1.807) is 7.05 Å². The van der Waals surface area contributed by atoms with E-state index in [2.05, 4.69) is 51.3 Å². The number of carbonyl (C=O) groups excluding carboxylic acids is 1. The molecule has 4 heterocycles. The SMILES string of the molecule is CNC(=O)C1OC2(CCN(Cc3cnn(C4CCOCC4)c3)CC2)c2cc(C)ccc21. The molecule has 7 nitrogen and oxygen atoms in total. The van der Waals surface area contributed by atoms with Crippen molar-refractivity contribution in [3.8, 4) is 0 Å². The summed E-state index contributed by atoms with van der Waals surface area (Å²) in [6, 6.07) is 6.81. The lowest BCUT2D eigenvalue weighted by atomic mass is 9.82. The van der Waals surface area contributed by atoms with E-state index in [1.807, 2.05) is 6.20 Å². The first-order chi connectivity index (χ1) is 15.1. The zero-order valence-electron chi connectivity index (χ0n) is 18.5. The highest BCUT2D eigenvalue weighted by Gasteiger charge is 2.48. The Bertz CT molecular complexity index is 942. The van der Waals surface area contributed by atoms with E-state index >= 15 is 0 Å². The molecule has 1 N–H and O–H groups in total. The number of rotatable bonds is 4. The van der Waals surface area contributed by atoms with Gasteiger partial charge >= 0.3 is 0 Å². The number of nitrogens with one attached hydrogen (secondary N) is 1. The van der Waals surface area contributed by atoms with Crippen LogP contribution in [0.25, 0.3) is 0 Å². The molecule has 2 saturated heterocycles. The average molecular weight is 425 g/mol. The van der Waals surface area contributed by atoms with Crippen LogP contribution in [0, 0.1) is 6.92 Å². The highest BCUT2D eigenvalue weighted by atomic mass is 16.5. The quantitative estimate of drug-likeness (QED) is 0.818. The van der Waals surface area contributed by atoms with Gasteiger partial charge in [-0.25, -0.2) is 0 Å². The number of nitrogens with zero attached hydrogens (tertiary/aromatic N) is 3. The second-order valence-electron chi connectivity index (χ2n) is 9.15. The van der Waals surface area contributed by atoms with Crippen LogP contribution in [0.2, 0.25) is 0 Å². The monoisotopic (exact) mass is 424 g/mol. The van der Waals surface area contributed by atoms with Crippen LogP contribution in [0.1, 0.15) is 60.1 Å². The molecule has 2 aromatic rings. The van der Waals surface area contributed by atoms with E-state index in [0.29, 0.717) is 6.04 Å². The molecule has 31 heavy (non-hydrogen) atoms. The summed E-state index contributed by atoms with van der Waals surface area (Å²) in [6.45, 7) is 6.54. The number of ether oxygens (including phenoxy) is 2. The second-order valence-corrected chi connectivity index (χ2v) is 9.15. The van der Waals surface area contributed by atoms with Crippen molar-refractivity contribution in [2.75, 3.05) is 33.4 Å². The molecule has 5 rings (SSSR count). The Morgan fingerprint density at radius 2 is 2.03 bits per heavy atom. The second kappa shape index (κ2) is 8.37. The van der Waals surface area contributed by atoms with E-state index in [4.69, 9.17) is 9.47 Å². The molecule has 7 heteroatoms. The van der Waals surface area contributed by atoms with Crippen molar-refractivity contribution < 1.29 is 14.3 Å². The number of aromatic nitrogens is 2. The lowest BCUT2D eigenvalue weighted by Gasteiger charge is -2.39. The number of carbonyl (C=O) groups is 1. The summed E-state index contributed by atoms with van der Waals surface area (Å²) in [5, 5.41) is 7.38. The normalized spacial score (nSPS) is 23.7. The van der Waals surface area contributed by atoms with Gasteiger partial charge in [0.15, 0.2) is 6.10 Å². The van der Waals surface area contributed by atoms with Crippen LogP contribution in [0.3, 0.4) is 0 Å². The van der Waals surface area contributed by atoms with Gasteiger partial charge in [-0.05, 0) is 43.7 Å². The molecule has 1 spiro atoms. The van der Waals surface area contributed by atoms with Crippen molar-refractivity contribution in [3.63, 3.8) is 0 Å². The van der Waals surface area contributed by atoms with E-state index < -0.39 is 6.10 Å². The van der Waals surface area contributed by atoms with Crippen molar-refractivity contribution in [2.24, 2.45) is 0 Å². The Morgan fingerprint density at radius 3 is 2.77 bits per heavy atom. The first-order valence-electron chi connectivity index (χ1n) is 11.4. The van der Waals surface area contributed by atoms with Gasteiger partial charge in [0, 0.05) is 51.7 Å². The minimum absolute atomic E-state index is 0.0649. The number of benzene rings is 1. The van der Waals surface area contributed by atoms with Crippen LogP contribution in [0.4, 0.5) is 0 Å². The fourth-order valence-electron chi connectivity index (χ4n) is 5.30. The van der Waals surface area contributed by atoms with Gasteiger partial charge in [-0.2, -0.15) is 5.10 Å². The molecule has 1 amide bonds. The first-order valence-corrected chi connectivity index (χ1v) is 11.4. The number of likely N-dealkylation sites (N-methyl/N-ethyl adjacent to an activating group) is 1. The lowest BCUT2D eigenvalue weighted by Crippen LogP contribution is -2.42. The molecule has 1 aromatic heterocycles. The van der Waals surface area contributed by atoms with Gasteiger partial charge in [-0.15, -0.1) is 0 Å². The summed E-state index contributed by atoms with van der Waals surface area (Å²) in [5.41, 5.74) is 4.34. The van der Waals surface area contributed by atoms with E-state index in [-0.39, 0.29) is 11.5 Å². The molecule has 3 aliphatic heterocycles. The maximum Gasteiger partial charge on any atom is 0.253 e. The number of aryl methyl sites for hydroxylation is 1. The highest BCUT2D eigenvalue weighted by molar-refractivity contribution is 5.83. The van der Waals surface area contributed by atoms with Gasteiger partial charge in [0.25, 0.3) is 5.91 Å². The number of hydrogen-bond donors (Lipinski definition) is 1. The van der Waals surface area contributed by atoms with Crippen molar-refractivity contribution in [2.45, 2.75) is 56.9 Å². The smallest absolute Gasteiger partial charge is 0.253 e. The third-order valence-corrected chi connectivity index (χ3v) is 7.10. The summed E-state index contributed by atoms with van der Waals surface area (Å²) < 4.78 is 14.1. The summed E-state index contributed by atoms with van der Waals surface area (Å²) in [5.74, 6) is -0.0649. The van der Waals surface area contributed by atoms with E-state index in [1.165, 1.54) is 16.7 Å². The fourth-order valence-corrected chi connectivity index (χ4v) is 5.30. The molecule has 166 valence electrons. The number of fused-ring (bicyclic) bond motifs is 2. The first kappa shape index (κ1) is 20.7. The van der Waals surface area contributed by atoms with Gasteiger partial charge in [0.05, 0.1) is 17.8 Å². The van der Waals surface area contributed by atoms with Gasteiger partial charge in [-0.1, -0.05) is 23.8 Å². The van der Waals surface area contributed by atoms with Gasteiger partial charge in [-0.3, -0.25) is 14.4 Å². The maximum atomic E-state index is 12.5. The van der Waals surface area contributed by atoms with Crippen LogP contribution < -0.4 is 5.32 Å².